The lowest BCUT2D eigenvalue weighted by atomic mass is 9.98. The minimum Gasteiger partial charge on any atom is -0.352 e. The Morgan fingerprint density at radius 1 is 1.24 bits per heavy atom. The number of aryl methyl sites for hydroxylation is 1. The molecule has 0 aliphatic carbocycles. The molecule has 2 atom stereocenters. The summed E-state index contributed by atoms with van der Waals surface area (Å²) in [6, 6.07) is 12.0. The standard InChI is InChI=1S/C26H29N3O2S2/c1-17-12-22(30)25(26(31)27-14-18-6-5-10-28(2)15-18)21-13-24(19-9-11-32-16-19)33-23-8-4-3-7-20(23)29(17)21/h3-4,7-9,11-12,16,18,24H,5-6,10,13-15H2,1-2H3,(H,27,31)/t18-,24+/m1/s1. The Kier molecular flexibility index (Phi) is 6.45. The minimum absolute atomic E-state index is 0.144. The summed E-state index contributed by atoms with van der Waals surface area (Å²) in [4.78, 5) is 30.1. The van der Waals surface area contributed by atoms with Crippen molar-refractivity contribution in [2.75, 3.05) is 26.7 Å². The molecule has 2 aliphatic rings. The Hall–Kier alpha value is -2.35. The Morgan fingerprint density at radius 3 is 2.88 bits per heavy atom. The Morgan fingerprint density at radius 2 is 2.09 bits per heavy atom. The van der Waals surface area contributed by atoms with Crippen LogP contribution in [0.3, 0.4) is 0 Å². The number of carbonyl (C=O) groups excluding carboxylic acids is 1. The van der Waals surface area contributed by atoms with Crippen LogP contribution in [0.5, 0.6) is 0 Å². The second-order valence-corrected chi connectivity index (χ2v) is 11.1. The number of rotatable bonds is 4. The fourth-order valence-corrected chi connectivity index (χ4v) is 7.15. The number of amides is 1. The summed E-state index contributed by atoms with van der Waals surface area (Å²) >= 11 is 3.49. The smallest absolute Gasteiger partial charge is 0.257 e. The van der Waals surface area contributed by atoms with E-state index in [0.29, 0.717) is 24.4 Å². The van der Waals surface area contributed by atoms with Crippen molar-refractivity contribution in [2.45, 2.75) is 36.3 Å². The number of likely N-dealkylation sites (tertiary alicyclic amines) is 1. The van der Waals surface area contributed by atoms with Crippen LogP contribution in [0.4, 0.5) is 0 Å². The van der Waals surface area contributed by atoms with Gasteiger partial charge in [0.05, 0.1) is 5.69 Å². The summed E-state index contributed by atoms with van der Waals surface area (Å²) < 4.78 is 2.12. The first-order valence-electron chi connectivity index (χ1n) is 11.5. The summed E-state index contributed by atoms with van der Waals surface area (Å²) in [6.45, 7) is 4.65. The molecule has 5 rings (SSSR count). The summed E-state index contributed by atoms with van der Waals surface area (Å²) in [5, 5.41) is 7.51. The van der Waals surface area contributed by atoms with Gasteiger partial charge in [-0.1, -0.05) is 12.1 Å². The van der Waals surface area contributed by atoms with Gasteiger partial charge in [-0.25, -0.2) is 0 Å². The number of piperidine rings is 1. The number of hydrogen-bond acceptors (Lipinski definition) is 5. The van der Waals surface area contributed by atoms with E-state index in [2.05, 4.69) is 50.8 Å². The lowest BCUT2D eigenvalue weighted by Gasteiger charge is -2.29. The number of nitrogens with zero attached hydrogens (tertiary/aromatic N) is 2. The average molecular weight is 480 g/mol. The highest BCUT2D eigenvalue weighted by Gasteiger charge is 2.29. The van der Waals surface area contributed by atoms with Gasteiger partial charge in [0.25, 0.3) is 5.91 Å². The first kappa shape index (κ1) is 22.4. The van der Waals surface area contributed by atoms with Crippen LogP contribution >= 0.6 is 23.1 Å². The van der Waals surface area contributed by atoms with Crippen molar-refractivity contribution in [3.63, 3.8) is 0 Å². The second kappa shape index (κ2) is 9.49. The Bertz CT molecular complexity index is 1220. The van der Waals surface area contributed by atoms with E-state index in [0.717, 1.165) is 47.9 Å². The third kappa shape index (κ3) is 4.54. The molecular formula is C26H29N3O2S2. The number of thiophene rings is 1. The van der Waals surface area contributed by atoms with Crippen LogP contribution in [-0.2, 0) is 6.42 Å². The zero-order valence-corrected chi connectivity index (χ0v) is 20.7. The molecule has 1 aromatic carbocycles. The van der Waals surface area contributed by atoms with E-state index in [9.17, 15) is 9.59 Å². The zero-order chi connectivity index (χ0) is 22.9. The molecule has 2 aromatic heterocycles. The van der Waals surface area contributed by atoms with Gasteiger partial charge in [0.1, 0.15) is 5.56 Å². The van der Waals surface area contributed by atoms with Gasteiger partial charge in [-0.15, -0.1) is 11.8 Å². The quantitative estimate of drug-likeness (QED) is 0.591. The highest BCUT2D eigenvalue weighted by molar-refractivity contribution is 7.99. The van der Waals surface area contributed by atoms with Gasteiger partial charge >= 0.3 is 0 Å². The van der Waals surface area contributed by atoms with Crippen LogP contribution in [0, 0.1) is 12.8 Å². The molecule has 0 spiro atoms. The molecule has 0 bridgehead atoms. The highest BCUT2D eigenvalue weighted by Crippen LogP contribution is 2.44. The largest absolute Gasteiger partial charge is 0.352 e. The monoisotopic (exact) mass is 479 g/mol. The van der Waals surface area contributed by atoms with Gasteiger partial charge < -0.3 is 14.8 Å². The Labute approximate surface area is 202 Å². The molecule has 1 saturated heterocycles. The van der Waals surface area contributed by atoms with Crippen LogP contribution in [0.15, 0.2) is 56.8 Å². The maximum Gasteiger partial charge on any atom is 0.257 e. The molecule has 3 aromatic rings. The number of hydrogen-bond donors (Lipinski definition) is 1. The van der Waals surface area contributed by atoms with Crippen molar-refractivity contribution >= 4 is 29.0 Å². The molecule has 1 N–H and O–H groups in total. The first-order chi connectivity index (χ1) is 16.0. The van der Waals surface area contributed by atoms with E-state index in [1.807, 2.05) is 30.8 Å². The molecule has 172 valence electrons. The van der Waals surface area contributed by atoms with Gasteiger partial charge in [-0.2, -0.15) is 11.3 Å². The number of pyridine rings is 1. The molecule has 0 saturated carbocycles. The van der Waals surface area contributed by atoms with E-state index >= 15 is 0 Å². The topological polar surface area (TPSA) is 54.3 Å². The number of carbonyl (C=O) groups is 1. The van der Waals surface area contributed by atoms with Crippen molar-refractivity contribution in [3.05, 3.63) is 79.9 Å². The molecule has 5 nitrogen and oxygen atoms in total. The lowest BCUT2D eigenvalue weighted by Crippen LogP contribution is -2.40. The minimum atomic E-state index is -0.245. The predicted octanol–water partition coefficient (Wildman–Crippen LogP) is 4.67. The SMILES string of the molecule is Cc1cc(=O)c(C(=O)NC[C@H]2CCCN(C)C2)c2n1-c1ccccc1S[C@H](c1ccsc1)C2. The van der Waals surface area contributed by atoms with Crippen LogP contribution in [-0.4, -0.2) is 42.1 Å². The van der Waals surface area contributed by atoms with Crippen molar-refractivity contribution < 1.29 is 4.79 Å². The predicted molar refractivity (Wildman–Crippen MR) is 136 cm³/mol. The van der Waals surface area contributed by atoms with E-state index in [4.69, 9.17) is 0 Å². The average Bonchev–Trinajstić information content (AvgIpc) is 3.27. The fraction of sp³-hybridized carbons (Fsp3) is 0.385. The molecule has 7 heteroatoms. The summed E-state index contributed by atoms with van der Waals surface area (Å²) in [5.74, 6) is 0.180. The summed E-state index contributed by atoms with van der Waals surface area (Å²) in [5.41, 5.74) is 4.05. The molecule has 4 heterocycles. The van der Waals surface area contributed by atoms with E-state index < -0.39 is 0 Å². The molecule has 1 amide bonds. The molecule has 0 unspecified atom stereocenters. The van der Waals surface area contributed by atoms with Gasteiger partial charge in [0, 0.05) is 47.1 Å². The summed E-state index contributed by atoms with van der Waals surface area (Å²) in [7, 11) is 2.12. The summed E-state index contributed by atoms with van der Waals surface area (Å²) in [6.07, 6.45) is 2.89. The van der Waals surface area contributed by atoms with Crippen LogP contribution in [0.2, 0.25) is 0 Å². The third-order valence-corrected chi connectivity index (χ3v) is 8.69. The molecule has 1 fully saturated rings. The zero-order valence-electron chi connectivity index (χ0n) is 19.0. The van der Waals surface area contributed by atoms with Gasteiger partial charge in [0.2, 0.25) is 0 Å². The highest BCUT2D eigenvalue weighted by atomic mass is 32.2. The second-order valence-electron chi connectivity index (χ2n) is 9.12. The van der Waals surface area contributed by atoms with Crippen molar-refractivity contribution in [1.29, 1.82) is 0 Å². The van der Waals surface area contributed by atoms with Gasteiger partial charge in [-0.3, -0.25) is 9.59 Å². The van der Waals surface area contributed by atoms with Crippen LogP contribution in [0.25, 0.3) is 5.69 Å². The number of nitrogens with one attached hydrogen (secondary N) is 1. The number of para-hydroxylation sites is 1. The molecule has 2 aliphatic heterocycles. The number of thioether (sulfide) groups is 1. The maximum absolute atomic E-state index is 13.4. The van der Waals surface area contributed by atoms with Gasteiger partial charge in [-0.05, 0) is 73.8 Å². The molecular weight excluding hydrogens is 450 g/mol. The third-order valence-electron chi connectivity index (χ3n) is 6.67. The molecule has 33 heavy (non-hydrogen) atoms. The lowest BCUT2D eigenvalue weighted by molar-refractivity contribution is 0.0934. The number of fused-ring (bicyclic) bond motifs is 3. The van der Waals surface area contributed by atoms with Crippen LogP contribution in [0.1, 0.15) is 45.4 Å². The maximum atomic E-state index is 13.4. The Balaban J connectivity index is 1.55. The van der Waals surface area contributed by atoms with E-state index in [1.54, 1.807) is 17.4 Å². The van der Waals surface area contributed by atoms with E-state index in [-0.39, 0.29) is 16.6 Å². The first-order valence-corrected chi connectivity index (χ1v) is 13.3. The number of benzene rings is 1. The van der Waals surface area contributed by atoms with Crippen LogP contribution < -0.4 is 10.7 Å². The molecule has 0 radical (unpaired) electrons. The van der Waals surface area contributed by atoms with Crippen molar-refractivity contribution in [1.82, 2.24) is 14.8 Å². The van der Waals surface area contributed by atoms with E-state index in [1.165, 1.54) is 5.56 Å². The number of aromatic nitrogens is 1. The van der Waals surface area contributed by atoms with Gasteiger partial charge in [0.15, 0.2) is 5.43 Å². The fourth-order valence-electron chi connectivity index (χ4n) is 5.09. The normalized spacial score (nSPS) is 20.5. The van der Waals surface area contributed by atoms with Crippen molar-refractivity contribution in [2.24, 2.45) is 5.92 Å². The van der Waals surface area contributed by atoms with Crippen molar-refractivity contribution in [3.8, 4) is 5.69 Å².